The molecule has 6 heteroatoms. The van der Waals surface area contributed by atoms with E-state index in [1.165, 1.54) is 0 Å². The van der Waals surface area contributed by atoms with Gasteiger partial charge in [-0.1, -0.05) is 30.3 Å². The molecule has 1 amide bonds. The molecule has 3 aromatic rings. The Morgan fingerprint density at radius 3 is 2.76 bits per heavy atom. The molecule has 1 aromatic heterocycles. The first-order chi connectivity index (χ1) is 12.3. The molecule has 0 N–H and O–H groups in total. The van der Waals surface area contributed by atoms with Gasteiger partial charge in [-0.05, 0) is 36.8 Å². The number of ether oxygens (including phenoxy) is 1. The van der Waals surface area contributed by atoms with Crippen LogP contribution in [0.1, 0.15) is 13.3 Å². The van der Waals surface area contributed by atoms with Crippen molar-refractivity contribution in [1.29, 1.82) is 0 Å². The maximum absolute atomic E-state index is 12.1. The molecule has 2 aromatic carbocycles. The maximum Gasteiger partial charge on any atom is 0.265 e. The summed E-state index contributed by atoms with van der Waals surface area (Å²) in [4.78, 5) is 18.4. The van der Waals surface area contributed by atoms with Gasteiger partial charge >= 0.3 is 0 Å². The number of fused-ring (bicyclic) bond motifs is 1. The zero-order valence-electron chi connectivity index (χ0n) is 13.8. The van der Waals surface area contributed by atoms with Crippen molar-refractivity contribution < 1.29 is 14.1 Å². The highest BCUT2D eigenvalue weighted by molar-refractivity contribution is 5.98. The molecule has 0 saturated heterocycles. The lowest BCUT2D eigenvalue weighted by molar-refractivity contribution is -0.121. The van der Waals surface area contributed by atoms with Crippen LogP contribution in [0.25, 0.3) is 22.8 Å². The van der Waals surface area contributed by atoms with Crippen LogP contribution in [0, 0.1) is 0 Å². The number of benzene rings is 2. The topological polar surface area (TPSA) is 68.5 Å². The molecule has 0 aliphatic carbocycles. The summed E-state index contributed by atoms with van der Waals surface area (Å²) in [5.41, 5.74) is 2.40. The number of rotatable bonds is 4. The Morgan fingerprint density at radius 1 is 1.12 bits per heavy atom. The van der Waals surface area contributed by atoms with Crippen LogP contribution in [0.3, 0.4) is 0 Å². The summed E-state index contributed by atoms with van der Waals surface area (Å²) in [6, 6.07) is 15.2. The molecular formula is C19H17N3O3. The predicted molar refractivity (Wildman–Crippen MR) is 93.3 cm³/mol. The van der Waals surface area contributed by atoms with Gasteiger partial charge in [0.2, 0.25) is 5.82 Å². The van der Waals surface area contributed by atoms with Crippen molar-refractivity contribution in [2.75, 3.05) is 18.1 Å². The van der Waals surface area contributed by atoms with Crippen molar-refractivity contribution in [2.24, 2.45) is 0 Å². The lowest BCUT2D eigenvalue weighted by atomic mass is 10.1. The number of aromatic nitrogens is 2. The Kier molecular flexibility index (Phi) is 3.93. The van der Waals surface area contributed by atoms with Crippen molar-refractivity contribution in [1.82, 2.24) is 10.1 Å². The third-order valence-electron chi connectivity index (χ3n) is 4.05. The molecular weight excluding hydrogens is 318 g/mol. The Morgan fingerprint density at radius 2 is 1.96 bits per heavy atom. The summed E-state index contributed by atoms with van der Waals surface area (Å²) in [6.07, 6.45) is 0.871. The van der Waals surface area contributed by atoms with Gasteiger partial charge < -0.3 is 14.2 Å². The second-order valence-corrected chi connectivity index (χ2v) is 5.81. The zero-order valence-corrected chi connectivity index (χ0v) is 13.8. The SMILES string of the molecule is CCCN1C(=O)COc2ccc(-c3noc(-c4ccccc4)n3)cc21. The first-order valence-corrected chi connectivity index (χ1v) is 8.23. The lowest BCUT2D eigenvalue weighted by Gasteiger charge is -2.29. The van der Waals surface area contributed by atoms with Crippen molar-refractivity contribution in [2.45, 2.75) is 13.3 Å². The fourth-order valence-corrected chi connectivity index (χ4v) is 2.85. The van der Waals surface area contributed by atoms with Crippen molar-refractivity contribution >= 4 is 11.6 Å². The molecule has 0 saturated carbocycles. The van der Waals surface area contributed by atoms with E-state index in [4.69, 9.17) is 9.26 Å². The molecule has 0 radical (unpaired) electrons. The molecule has 6 nitrogen and oxygen atoms in total. The van der Waals surface area contributed by atoms with Gasteiger partial charge in [-0.25, -0.2) is 0 Å². The van der Waals surface area contributed by atoms with Crippen molar-refractivity contribution in [3.8, 4) is 28.6 Å². The molecule has 4 rings (SSSR count). The van der Waals surface area contributed by atoms with Gasteiger partial charge in [-0.3, -0.25) is 4.79 Å². The minimum atomic E-state index is -0.0374. The Balaban J connectivity index is 1.70. The fraction of sp³-hybridized carbons (Fsp3) is 0.211. The van der Waals surface area contributed by atoms with E-state index in [-0.39, 0.29) is 12.5 Å². The van der Waals surface area contributed by atoms with Crippen LogP contribution >= 0.6 is 0 Å². The van der Waals surface area contributed by atoms with Gasteiger partial charge in [0.1, 0.15) is 5.75 Å². The van der Waals surface area contributed by atoms with Gasteiger partial charge in [-0.15, -0.1) is 0 Å². The summed E-state index contributed by atoms with van der Waals surface area (Å²) in [7, 11) is 0. The van der Waals surface area contributed by atoms with E-state index in [2.05, 4.69) is 10.1 Å². The maximum atomic E-state index is 12.1. The van der Waals surface area contributed by atoms with Crippen LogP contribution in [-0.4, -0.2) is 29.2 Å². The smallest absolute Gasteiger partial charge is 0.265 e. The monoisotopic (exact) mass is 335 g/mol. The number of nitrogens with zero attached hydrogens (tertiary/aromatic N) is 3. The lowest BCUT2D eigenvalue weighted by Crippen LogP contribution is -2.39. The van der Waals surface area contributed by atoms with Crippen LogP contribution in [0.2, 0.25) is 0 Å². The van der Waals surface area contributed by atoms with E-state index < -0.39 is 0 Å². The number of amides is 1. The van der Waals surface area contributed by atoms with E-state index in [0.29, 0.717) is 24.0 Å². The van der Waals surface area contributed by atoms with Crippen LogP contribution < -0.4 is 9.64 Å². The van der Waals surface area contributed by atoms with E-state index in [0.717, 1.165) is 23.2 Å². The minimum Gasteiger partial charge on any atom is -0.482 e. The number of hydrogen-bond donors (Lipinski definition) is 0. The first kappa shape index (κ1) is 15.4. The van der Waals surface area contributed by atoms with Gasteiger partial charge in [0.15, 0.2) is 6.61 Å². The summed E-state index contributed by atoms with van der Waals surface area (Å²) < 4.78 is 10.9. The van der Waals surface area contributed by atoms with Gasteiger partial charge in [0, 0.05) is 17.7 Å². The average molecular weight is 335 g/mol. The third-order valence-corrected chi connectivity index (χ3v) is 4.05. The van der Waals surface area contributed by atoms with E-state index in [9.17, 15) is 4.79 Å². The molecule has 1 aliphatic rings. The molecule has 1 aliphatic heterocycles. The molecule has 0 fully saturated rings. The molecule has 0 unspecified atom stereocenters. The summed E-state index contributed by atoms with van der Waals surface area (Å²) in [5, 5.41) is 4.07. The zero-order chi connectivity index (χ0) is 17.2. The van der Waals surface area contributed by atoms with Gasteiger partial charge in [0.25, 0.3) is 11.8 Å². The van der Waals surface area contributed by atoms with E-state index in [1.807, 2.05) is 55.5 Å². The average Bonchev–Trinajstić information content (AvgIpc) is 3.15. The quantitative estimate of drug-likeness (QED) is 0.729. The standard InChI is InChI=1S/C19H17N3O3/c1-2-10-22-15-11-14(8-9-16(15)24-12-17(22)23)18-20-19(25-21-18)13-6-4-3-5-7-13/h3-9,11H,2,10,12H2,1H3. The third kappa shape index (κ3) is 2.87. The van der Waals surface area contributed by atoms with E-state index in [1.54, 1.807) is 4.90 Å². The molecule has 2 heterocycles. The largest absolute Gasteiger partial charge is 0.482 e. The molecule has 126 valence electrons. The predicted octanol–water partition coefficient (Wildman–Crippen LogP) is 3.54. The Labute approximate surface area is 145 Å². The van der Waals surface area contributed by atoms with Crippen molar-refractivity contribution in [3.05, 3.63) is 48.5 Å². The number of carbonyl (C=O) groups is 1. The Hall–Kier alpha value is -3.15. The highest BCUT2D eigenvalue weighted by atomic mass is 16.5. The normalized spacial score (nSPS) is 13.5. The highest BCUT2D eigenvalue weighted by Gasteiger charge is 2.25. The van der Waals surface area contributed by atoms with Crippen molar-refractivity contribution in [3.63, 3.8) is 0 Å². The summed E-state index contributed by atoms with van der Waals surface area (Å²) >= 11 is 0. The van der Waals surface area contributed by atoms with Gasteiger partial charge in [0.05, 0.1) is 5.69 Å². The Bertz CT molecular complexity index is 905. The first-order valence-electron chi connectivity index (χ1n) is 8.23. The number of hydrogen-bond acceptors (Lipinski definition) is 5. The van der Waals surface area contributed by atoms with E-state index >= 15 is 0 Å². The molecule has 0 atom stereocenters. The van der Waals surface area contributed by atoms with Crippen LogP contribution in [0.15, 0.2) is 53.1 Å². The summed E-state index contributed by atoms with van der Waals surface area (Å²) in [5.74, 6) is 1.61. The highest BCUT2D eigenvalue weighted by Crippen LogP contribution is 2.35. The summed E-state index contributed by atoms with van der Waals surface area (Å²) in [6.45, 7) is 2.77. The second kappa shape index (κ2) is 6.39. The fourth-order valence-electron chi connectivity index (χ4n) is 2.85. The number of carbonyl (C=O) groups excluding carboxylic acids is 1. The number of anilines is 1. The van der Waals surface area contributed by atoms with Gasteiger partial charge in [-0.2, -0.15) is 4.98 Å². The molecule has 25 heavy (non-hydrogen) atoms. The van der Waals surface area contributed by atoms with Crippen LogP contribution in [0.5, 0.6) is 5.75 Å². The minimum absolute atomic E-state index is 0.0374. The molecule has 0 bridgehead atoms. The molecule has 0 spiro atoms. The second-order valence-electron chi connectivity index (χ2n) is 5.81. The van der Waals surface area contributed by atoms with Crippen LogP contribution in [0.4, 0.5) is 5.69 Å². The van der Waals surface area contributed by atoms with Crippen LogP contribution in [-0.2, 0) is 4.79 Å².